The van der Waals surface area contributed by atoms with Crippen molar-refractivity contribution >= 4 is 18.3 Å². The topological polar surface area (TPSA) is 54.0 Å². The second-order valence-corrected chi connectivity index (χ2v) is 3.86. The molecule has 6 heteroatoms. The first-order chi connectivity index (χ1) is 8.25. The molecule has 0 unspecified atom stereocenters. The van der Waals surface area contributed by atoms with E-state index in [1.165, 1.54) is 17.7 Å². The zero-order chi connectivity index (χ0) is 12.1. The summed E-state index contributed by atoms with van der Waals surface area (Å²) in [5.41, 5.74) is 1.44. The Balaban J connectivity index is 0.00000162. The second-order valence-electron chi connectivity index (χ2n) is 3.86. The van der Waals surface area contributed by atoms with Gasteiger partial charge in [-0.2, -0.15) is 0 Å². The van der Waals surface area contributed by atoms with Crippen LogP contribution in [-0.4, -0.2) is 30.5 Å². The molecule has 1 amide bonds. The van der Waals surface area contributed by atoms with Gasteiger partial charge in [-0.15, -0.1) is 12.4 Å². The molecule has 0 radical (unpaired) electrons. The highest BCUT2D eigenvalue weighted by Gasteiger charge is 2.08. The lowest BCUT2D eigenvalue weighted by molar-refractivity contribution is 0.0951. The predicted molar refractivity (Wildman–Crippen MR) is 69.3 cm³/mol. The number of halogens is 2. The minimum absolute atomic E-state index is 0. The first-order valence-electron chi connectivity index (χ1n) is 5.54. The Kier molecular flexibility index (Phi) is 5.74. The molecule has 0 aromatic carbocycles. The molecule has 1 aliphatic heterocycles. The van der Waals surface area contributed by atoms with Crippen LogP contribution < -0.4 is 10.6 Å². The van der Waals surface area contributed by atoms with Gasteiger partial charge in [0, 0.05) is 13.1 Å². The fraction of sp³-hybridized carbons (Fsp3) is 0.333. The molecule has 98 valence electrons. The lowest BCUT2D eigenvalue weighted by Gasteiger charge is -2.14. The summed E-state index contributed by atoms with van der Waals surface area (Å²) >= 11 is 0. The largest absolute Gasteiger partial charge is 0.347 e. The van der Waals surface area contributed by atoms with Gasteiger partial charge in [0.2, 0.25) is 0 Å². The fourth-order valence-electron chi connectivity index (χ4n) is 1.62. The van der Waals surface area contributed by atoms with E-state index in [0.29, 0.717) is 6.54 Å². The molecule has 0 saturated heterocycles. The Labute approximate surface area is 111 Å². The molecule has 0 fully saturated rings. The Morgan fingerprint density at radius 1 is 1.50 bits per heavy atom. The fourth-order valence-corrected chi connectivity index (χ4v) is 1.62. The second kappa shape index (κ2) is 7.08. The number of hydrogen-bond donors (Lipinski definition) is 2. The van der Waals surface area contributed by atoms with Crippen LogP contribution in [0, 0.1) is 5.82 Å². The number of hydrogen-bond acceptors (Lipinski definition) is 3. The molecule has 0 aliphatic carbocycles. The van der Waals surface area contributed by atoms with Crippen molar-refractivity contribution in [2.45, 2.75) is 6.42 Å². The normalized spacial score (nSPS) is 14.4. The number of carbonyl (C=O) groups is 1. The van der Waals surface area contributed by atoms with Crippen molar-refractivity contribution in [3.8, 4) is 0 Å². The molecule has 4 nitrogen and oxygen atoms in total. The summed E-state index contributed by atoms with van der Waals surface area (Å²) in [6, 6.07) is 2.60. The van der Waals surface area contributed by atoms with Gasteiger partial charge in [-0.3, -0.25) is 4.79 Å². The van der Waals surface area contributed by atoms with Gasteiger partial charge in [0.1, 0.15) is 11.5 Å². The van der Waals surface area contributed by atoms with E-state index in [4.69, 9.17) is 0 Å². The SMILES string of the molecule is Cl.O=C(NCC1=CCNCC1)c1ccc(F)cn1. The Bertz CT molecular complexity index is 433. The van der Waals surface area contributed by atoms with Gasteiger partial charge in [-0.05, 0) is 25.1 Å². The highest BCUT2D eigenvalue weighted by molar-refractivity contribution is 5.92. The molecule has 2 N–H and O–H groups in total. The third-order valence-electron chi connectivity index (χ3n) is 2.59. The van der Waals surface area contributed by atoms with E-state index in [1.54, 1.807) is 0 Å². The van der Waals surface area contributed by atoms with Gasteiger partial charge in [0.05, 0.1) is 6.20 Å². The van der Waals surface area contributed by atoms with Crippen LogP contribution in [0.4, 0.5) is 4.39 Å². The molecule has 0 bridgehead atoms. The average molecular weight is 272 g/mol. The van der Waals surface area contributed by atoms with E-state index in [2.05, 4.69) is 21.7 Å². The number of aromatic nitrogens is 1. The van der Waals surface area contributed by atoms with E-state index in [9.17, 15) is 9.18 Å². The van der Waals surface area contributed by atoms with Crippen molar-refractivity contribution in [2.24, 2.45) is 0 Å². The Hall–Kier alpha value is -1.46. The number of carbonyl (C=O) groups excluding carboxylic acids is 1. The smallest absolute Gasteiger partial charge is 0.270 e. The highest BCUT2D eigenvalue weighted by Crippen LogP contribution is 2.03. The summed E-state index contributed by atoms with van der Waals surface area (Å²) in [7, 11) is 0. The summed E-state index contributed by atoms with van der Waals surface area (Å²) in [5.74, 6) is -0.716. The van der Waals surface area contributed by atoms with E-state index in [1.807, 2.05) is 0 Å². The maximum atomic E-state index is 12.6. The maximum absolute atomic E-state index is 12.6. The number of nitrogens with zero attached hydrogens (tertiary/aromatic N) is 1. The summed E-state index contributed by atoms with van der Waals surface area (Å²) < 4.78 is 12.6. The first kappa shape index (κ1) is 14.6. The third kappa shape index (κ3) is 4.09. The molecule has 1 aromatic heterocycles. The van der Waals surface area contributed by atoms with Crippen LogP contribution >= 0.6 is 12.4 Å². The Morgan fingerprint density at radius 2 is 2.33 bits per heavy atom. The monoisotopic (exact) mass is 271 g/mol. The molecule has 0 saturated carbocycles. The number of nitrogens with one attached hydrogen (secondary N) is 2. The van der Waals surface area contributed by atoms with Crippen molar-refractivity contribution < 1.29 is 9.18 Å². The van der Waals surface area contributed by atoms with Crippen molar-refractivity contribution in [3.63, 3.8) is 0 Å². The van der Waals surface area contributed by atoms with E-state index < -0.39 is 5.82 Å². The standard InChI is InChI=1S/C12H14FN3O.ClH/c13-10-1-2-11(15-8-10)12(17)16-7-9-3-5-14-6-4-9;/h1-3,8,14H,4-7H2,(H,16,17);1H. The van der Waals surface area contributed by atoms with Crippen LogP contribution in [0.15, 0.2) is 30.0 Å². The van der Waals surface area contributed by atoms with Crippen LogP contribution in [0.25, 0.3) is 0 Å². The van der Waals surface area contributed by atoms with Crippen LogP contribution in [0.2, 0.25) is 0 Å². The molecule has 1 aromatic rings. The lowest BCUT2D eigenvalue weighted by atomic mass is 10.1. The summed E-state index contributed by atoms with van der Waals surface area (Å²) in [6.07, 6.45) is 4.05. The van der Waals surface area contributed by atoms with Gasteiger partial charge < -0.3 is 10.6 Å². The molecule has 2 rings (SSSR count). The summed E-state index contributed by atoms with van der Waals surface area (Å²) in [6.45, 7) is 2.32. The van der Waals surface area contributed by atoms with E-state index in [0.717, 1.165) is 25.7 Å². The van der Waals surface area contributed by atoms with Gasteiger partial charge >= 0.3 is 0 Å². The Morgan fingerprint density at radius 3 is 2.94 bits per heavy atom. The molecular formula is C12H15ClFN3O. The highest BCUT2D eigenvalue weighted by atomic mass is 35.5. The van der Waals surface area contributed by atoms with Gasteiger partial charge in [0.25, 0.3) is 5.91 Å². The van der Waals surface area contributed by atoms with E-state index in [-0.39, 0.29) is 24.0 Å². The van der Waals surface area contributed by atoms with Crippen LogP contribution in [-0.2, 0) is 0 Å². The molecule has 1 aliphatic rings. The van der Waals surface area contributed by atoms with Crippen LogP contribution in [0.5, 0.6) is 0 Å². The number of rotatable bonds is 3. The lowest BCUT2D eigenvalue weighted by Crippen LogP contribution is -2.30. The van der Waals surface area contributed by atoms with Crippen molar-refractivity contribution in [2.75, 3.05) is 19.6 Å². The molecule has 0 spiro atoms. The van der Waals surface area contributed by atoms with Crippen LogP contribution in [0.1, 0.15) is 16.9 Å². The van der Waals surface area contributed by atoms with Crippen molar-refractivity contribution in [3.05, 3.63) is 41.5 Å². The maximum Gasteiger partial charge on any atom is 0.270 e. The zero-order valence-corrected chi connectivity index (χ0v) is 10.6. The molecule has 0 atom stereocenters. The molecule has 18 heavy (non-hydrogen) atoms. The minimum atomic E-state index is -0.442. The quantitative estimate of drug-likeness (QED) is 0.815. The van der Waals surface area contributed by atoms with Crippen molar-refractivity contribution in [1.82, 2.24) is 15.6 Å². The summed E-state index contributed by atoms with van der Waals surface area (Å²) in [5, 5.41) is 5.97. The van der Waals surface area contributed by atoms with Gasteiger partial charge in [0.15, 0.2) is 0 Å². The molecule has 2 heterocycles. The number of pyridine rings is 1. The minimum Gasteiger partial charge on any atom is -0.347 e. The zero-order valence-electron chi connectivity index (χ0n) is 9.78. The van der Waals surface area contributed by atoms with Gasteiger partial charge in [-0.25, -0.2) is 9.37 Å². The predicted octanol–water partition coefficient (Wildman–Crippen LogP) is 1.29. The number of amides is 1. The third-order valence-corrected chi connectivity index (χ3v) is 2.59. The first-order valence-corrected chi connectivity index (χ1v) is 5.54. The summed E-state index contributed by atoms with van der Waals surface area (Å²) in [4.78, 5) is 15.4. The molecular weight excluding hydrogens is 257 g/mol. The van der Waals surface area contributed by atoms with Gasteiger partial charge in [-0.1, -0.05) is 11.6 Å². The average Bonchev–Trinajstić information content (AvgIpc) is 2.38. The van der Waals surface area contributed by atoms with Crippen LogP contribution in [0.3, 0.4) is 0 Å². The van der Waals surface area contributed by atoms with Crippen molar-refractivity contribution in [1.29, 1.82) is 0 Å². The van der Waals surface area contributed by atoms with E-state index >= 15 is 0 Å².